The summed E-state index contributed by atoms with van der Waals surface area (Å²) in [5.74, 6) is 0. The molecule has 2 aliphatic heterocycles. The van der Waals surface area contributed by atoms with Crippen LogP contribution in [0.4, 0.5) is 0 Å². The molecule has 0 spiro atoms. The average molecular weight is 159 g/mol. The van der Waals surface area contributed by atoms with E-state index in [4.69, 9.17) is 14.6 Å². The van der Waals surface area contributed by atoms with Crippen molar-refractivity contribution in [2.45, 2.75) is 37.6 Å². The van der Waals surface area contributed by atoms with E-state index in [1.54, 1.807) is 0 Å². The van der Waals surface area contributed by atoms with Gasteiger partial charge in [-0.3, -0.25) is 4.90 Å². The van der Waals surface area contributed by atoms with Crippen LogP contribution in [-0.4, -0.2) is 36.8 Å². The van der Waals surface area contributed by atoms with Crippen molar-refractivity contribution in [1.82, 2.24) is 4.90 Å². The van der Waals surface area contributed by atoms with Crippen LogP contribution in [0, 0.1) is 0 Å². The molecule has 0 aromatic carbocycles. The molecule has 3 atom stereocenters. The van der Waals surface area contributed by atoms with Crippen LogP contribution in [0.5, 0.6) is 0 Å². The first-order chi connectivity index (χ1) is 6.48. The topological polar surface area (TPSA) is 38.5 Å². The maximum Gasteiger partial charge on any atom is 0.112 e. The van der Waals surface area contributed by atoms with Crippen molar-refractivity contribution in [1.29, 1.82) is 0 Å². The third kappa shape index (κ3) is 1.28. The van der Waals surface area contributed by atoms with Gasteiger partial charge >= 0.3 is 0 Å². The summed E-state index contributed by atoms with van der Waals surface area (Å²) in [6.07, 6.45) is 1.89. The van der Waals surface area contributed by atoms with Gasteiger partial charge in [-0.2, -0.15) is 0 Å². The first-order valence-corrected chi connectivity index (χ1v) is 4.14. The van der Waals surface area contributed by atoms with E-state index >= 15 is 0 Å². The molecule has 2 fully saturated rings. The van der Waals surface area contributed by atoms with Crippen molar-refractivity contribution in [2.75, 3.05) is 13.6 Å². The lowest BCUT2D eigenvalue weighted by Crippen LogP contribution is -2.55. The van der Waals surface area contributed by atoms with Crippen LogP contribution in [0.1, 0.15) is 23.4 Å². The Morgan fingerprint density at radius 1 is 1.64 bits per heavy atom. The van der Waals surface area contributed by atoms with E-state index in [1.807, 2.05) is 0 Å². The molecule has 0 aliphatic carbocycles. The summed E-state index contributed by atoms with van der Waals surface area (Å²) in [5.41, 5.74) is 5.84. The maximum atomic E-state index is 7.43. The molecule has 0 aromatic heterocycles. The van der Waals surface area contributed by atoms with Gasteiger partial charge in [0.25, 0.3) is 0 Å². The molecule has 2 heterocycles. The van der Waals surface area contributed by atoms with Crippen molar-refractivity contribution in [3.8, 4) is 0 Å². The Balaban J connectivity index is 2.17. The number of ether oxygens (including phenoxy) is 1. The summed E-state index contributed by atoms with van der Waals surface area (Å²) < 4.78 is 27.7. The Labute approximate surface area is 71.7 Å². The van der Waals surface area contributed by atoms with Gasteiger partial charge in [-0.25, -0.2) is 0 Å². The van der Waals surface area contributed by atoms with Crippen molar-refractivity contribution in [3.05, 3.63) is 0 Å². The summed E-state index contributed by atoms with van der Waals surface area (Å²) in [6, 6.07) is 0.161. The molecule has 2 aliphatic rings. The third-order valence-corrected chi connectivity index (χ3v) is 2.54. The predicted molar refractivity (Wildman–Crippen MR) is 43.1 cm³/mol. The zero-order valence-corrected chi connectivity index (χ0v) is 6.49. The smallest absolute Gasteiger partial charge is 0.112 e. The molecule has 2 rings (SSSR count). The molecule has 3 heteroatoms. The quantitative estimate of drug-likeness (QED) is 0.547. The van der Waals surface area contributed by atoms with E-state index in [1.165, 1.54) is 4.90 Å². The second-order valence-corrected chi connectivity index (χ2v) is 3.41. The SMILES string of the molecule is [2H]C([2H])([2H])N1[C@@H]2CCO[C@@H]1C[C@@H](N)C2. The minimum atomic E-state index is -2.05. The third-order valence-electron chi connectivity index (χ3n) is 2.54. The molecular weight excluding hydrogens is 140 g/mol. The summed E-state index contributed by atoms with van der Waals surface area (Å²) in [7, 11) is 0. The second kappa shape index (κ2) is 2.73. The van der Waals surface area contributed by atoms with Gasteiger partial charge in [-0.05, 0) is 19.8 Å². The summed E-state index contributed by atoms with van der Waals surface area (Å²) >= 11 is 0. The first kappa shape index (κ1) is 4.80. The lowest BCUT2D eigenvalue weighted by Gasteiger charge is -2.45. The maximum absolute atomic E-state index is 7.43. The number of hydrogen-bond acceptors (Lipinski definition) is 3. The fraction of sp³-hybridized carbons (Fsp3) is 1.00. The highest BCUT2D eigenvalue weighted by Gasteiger charge is 2.35. The Kier molecular flexibility index (Phi) is 1.19. The largest absolute Gasteiger partial charge is 0.363 e. The van der Waals surface area contributed by atoms with E-state index < -0.39 is 6.98 Å². The summed E-state index contributed by atoms with van der Waals surface area (Å²) in [6.45, 7) is -1.38. The Hall–Kier alpha value is -0.120. The summed E-state index contributed by atoms with van der Waals surface area (Å²) in [4.78, 5) is 1.51. The molecule has 11 heavy (non-hydrogen) atoms. The van der Waals surface area contributed by atoms with E-state index in [9.17, 15) is 0 Å². The Morgan fingerprint density at radius 2 is 2.55 bits per heavy atom. The number of fused-ring (bicyclic) bond motifs is 2. The molecule has 2 N–H and O–H groups in total. The van der Waals surface area contributed by atoms with Crippen molar-refractivity contribution in [3.63, 3.8) is 0 Å². The molecular formula is C8H16N2O. The standard InChI is InChI=1S/C8H16N2O/c1-10-7-2-3-11-8(10)5-6(9)4-7/h6-8H,2-5,9H2,1H3/t6-,7+,8+/m0/s1/i1D3. The average Bonchev–Trinajstić information content (AvgIpc) is 1.99. The molecule has 0 radical (unpaired) electrons. The van der Waals surface area contributed by atoms with E-state index in [0.29, 0.717) is 13.0 Å². The van der Waals surface area contributed by atoms with E-state index in [2.05, 4.69) is 0 Å². The van der Waals surface area contributed by atoms with Crippen LogP contribution < -0.4 is 5.73 Å². The fourth-order valence-corrected chi connectivity index (χ4v) is 1.91. The number of piperidine rings is 1. The number of nitrogens with zero attached hydrogens (tertiary/aromatic N) is 1. The van der Waals surface area contributed by atoms with Crippen molar-refractivity contribution >= 4 is 0 Å². The van der Waals surface area contributed by atoms with Crippen LogP contribution in [0.2, 0.25) is 0 Å². The summed E-state index contributed by atoms with van der Waals surface area (Å²) in [5, 5.41) is 0. The zero-order valence-electron chi connectivity index (χ0n) is 9.49. The fourth-order valence-electron chi connectivity index (χ4n) is 1.91. The second-order valence-electron chi connectivity index (χ2n) is 3.41. The van der Waals surface area contributed by atoms with Gasteiger partial charge in [-0.1, -0.05) is 0 Å². The number of nitrogens with two attached hydrogens (primary N) is 1. The van der Waals surface area contributed by atoms with Gasteiger partial charge in [0.1, 0.15) is 6.23 Å². The highest BCUT2D eigenvalue weighted by Crippen LogP contribution is 2.27. The molecule has 0 aromatic rings. The van der Waals surface area contributed by atoms with Gasteiger partial charge in [-0.15, -0.1) is 0 Å². The van der Waals surface area contributed by atoms with Crippen molar-refractivity contribution < 1.29 is 8.85 Å². The Morgan fingerprint density at radius 3 is 3.27 bits per heavy atom. The van der Waals surface area contributed by atoms with Gasteiger partial charge in [0.15, 0.2) is 0 Å². The van der Waals surface area contributed by atoms with E-state index in [0.717, 1.165) is 12.8 Å². The minimum Gasteiger partial charge on any atom is -0.363 e. The lowest BCUT2D eigenvalue weighted by molar-refractivity contribution is -0.137. The molecule has 0 saturated carbocycles. The first-order valence-electron chi connectivity index (χ1n) is 5.64. The molecule has 2 saturated heterocycles. The van der Waals surface area contributed by atoms with Crippen LogP contribution in [-0.2, 0) is 4.74 Å². The monoisotopic (exact) mass is 159 g/mol. The molecule has 3 nitrogen and oxygen atoms in total. The highest BCUT2D eigenvalue weighted by atomic mass is 16.5. The van der Waals surface area contributed by atoms with Crippen LogP contribution in [0.15, 0.2) is 0 Å². The van der Waals surface area contributed by atoms with Gasteiger partial charge in [0.05, 0.1) is 6.61 Å². The van der Waals surface area contributed by atoms with E-state index in [-0.39, 0.29) is 18.3 Å². The molecule has 0 unspecified atom stereocenters. The predicted octanol–water partition coefficient (Wildman–Crippen LogP) is 0.154. The Bertz CT molecular complexity index is 207. The van der Waals surface area contributed by atoms with Crippen LogP contribution in [0.25, 0.3) is 0 Å². The highest BCUT2D eigenvalue weighted by molar-refractivity contribution is 4.87. The zero-order chi connectivity index (χ0) is 10.3. The number of rotatable bonds is 0. The van der Waals surface area contributed by atoms with Crippen molar-refractivity contribution in [2.24, 2.45) is 5.73 Å². The molecule has 0 amide bonds. The van der Waals surface area contributed by atoms with Crippen LogP contribution >= 0.6 is 0 Å². The minimum absolute atomic E-state index is 0.0741. The van der Waals surface area contributed by atoms with Gasteiger partial charge in [0, 0.05) is 22.6 Å². The molecule has 64 valence electrons. The molecule has 2 bridgehead atoms. The van der Waals surface area contributed by atoms with Gasteiger partial charge < -0.3 is 10.5 Å². The number of hydrogen-bond donors (Lipinski definition) is 1. The van der Waals surface area contributed by atoms with Crippen LogP contribution in [0.3, 0.4) is 0 Å². The normalized spacial score (nSPS) is 51.0. The van der Waals surface area contributed by atoms with Gasteiger partial charge in [0.2, 0.25) is 0 Å². The lowest BCUT2D eigenvalue weighted by atomic mass is 9.93.